The average Bonchev–Trinajstić information content (AvgIpc) is 2.67. The van der Waals surface area contributed by atoms with Crippen LogP contribution in [0, 0.1) is 0 Å². The van der Waals surface area contributed by atoms with Crippen molar-refractivity contribution in [1.29, 1.82) is 0 Å². The molecule has 0 atom stereocenters. The van der Waals surface area contributed by atoms with E-state index in [0.29, 0.717) is 16.2 Å². The molecule has 8 heteroatoms. The van der Waals surface area contributed by atoms with E-state index in [1.807, 2.05) is 13.8 Å². The van der Waals surface area contributed by atoms with Gasteiger partial charge in [0.2, 0.25) is 5.88 Å². The van der Waals surface area contributed by atoms with Gasteiger partial charge >= 0.3 is 0 Å². The highest BCUT2D eigenvalue weighted by Gasteiger charge is 2.09. The van der Waals surface area contributed by atoms with Gasteiger partial charge in [0, 0.05) is 6.07 Å². The summed E-state index contributed by atoms with van der Waals surface area (Å²) >= 11 is 8.62. The molecule has 2 rings (SSSR count). The Morgan fingerprint density at radius 1 is 1.41 bits per heavy atom. The van der Waals surface area contributed by atoms with Crippen LogP contribution in [0.2, 0.25) is 5.15 Å². The number of hydrogen-bond donors (Lipinski definition) is 0. The monoisotopic (exact) mass is 288 g/mol. The fourth-order valence-corrected chi connectivity index (χ4v) is 2.58. The molecule has 0 saturated carbocycles. The van der Waals surface area contributed by atoms with Gasteiger partial charge in [0.1, 0.15) is 10.7 Å². The number of halogens is 1. The predicted molar refractivity (Wildman–Crippen MR) is 66.8 cm³/mol. The molecule has 0 saturated heterocycles. The standard InChI is InChI=1S/C9H9ClN4OS2/c1-5(2)15-7-3-6(10)12-8(13-7)17-9-14-11-4-16-9/h3-5H,1-2H3. The zero-order valence-electron chi connectivity index (χ0n) is 9.12. The smallest absolute Gasteiger partial charge is 0.219 e. The Morgan fingerprint density at radius 2 is 2.24 bits per heavy atom. The first-order chi connectivity index (χ1) is 8.13. The summed E-state index contributed by atoms with van der Waals surface area (Å²) in [4.78, 5) is 8.32. The van der Waals surface area contributed by atoms with Gasteiger partial charge in [-0.15, -0.1) is 10.2 Å². The van der Waals surface area contributed by atoms with Gasteiger partial charge in [-0.2, -0.15) is 4.98 Å². The van der Waals surface area contributed by atoms with E-state index >= 15 is 0 Å². The molecule has 2 aromatic rings. The topological polar surface area (TPSA) is 60.8 Å². The highest BCUT2D eigenvalue weighted by molar-refractivity contribution is 8.00. The van der Waals surface area contributed by atoms with Gasteiger partial charge in [-0.05, 0) is 25.6 Å². The molecule has 0 spiro atoms. The zero-order chi connectivity index (χ0) is 12.3. The summed E-state index contributed by atoms with van der Waals surface area (Å²) in [5.74, 6) is 0.465. The summed E-state index contributed by atoms with van der Waals surface area (Å²) in [6.45, 7) is 3.85. The molecule has 0 aliphatic carbocycles. The van der Waals surface area contributed by atoms with Crippen LogP contribution in [0.15, 0.2) is 21.1 Å². The minimum atomic E-state index is 0.0420. The van der Waals surface area contributed by atoms with E-state index in [4.69, 9.17) is 16.3 Å². The van der Waals surface area contributed by atoms with E-state index in [0.717, 1.165) is 4.34 Å². The number of ether oxygens (including phenoxy) is 1. The summed E-state index contributed by atoms with van der Waals surface area (Å²) in [7, 11) is 0. The van der Waals surface area contributed by atoms with Crippen molar-refractivity contribution < 1.29 is 4.74 Å². The minimum Gasteiger partial charge on any atom is -0.475 e. The molecule has 0 N–H and O–H groups in total. The minimum absolute atomic E-state index is 0.0420. The van der Waals surface area contributed by atoms with Crippen LogP contribution in [0.3, 0.4) is 0 Å². The van der Waals surface area contributed by atoms with E-state index in [1.165, 1.54) is 23.1 Å². The summed E-state index contributed by atoms with van der Waals surface area (Å²) in [6, 6.07) is 1.59. The molecule has 5 nitrogen and oxygen atoms in total. The Morgan fingerprint density at radius 3 is 2.88 bits per heavy atom. The van der Waals surface area contributed by atoms with Gasteiger partial charge in [-0.3, -0.25) is 0 Å². The highest BCUT2D eigenvalue weighted by atomic mass is 35.5. The van der Waals surface area contributed by atoms with Gasteiger partial charge in [0.15, 0.2) is 9.50 Å². The molecule has 0 amide bonds. The Labute approximate surface area is 112 Å². The van der Waals surface area contributed by atoms with Crippen molar-refractivity contribution >= 4 is 34.7 Å². The number of aromatic nitrogens is 4. The molecule has 0 bridgehead atoms. The zero-order valence-corrected chi connectivity index (χ0v) is 11.5. The second-order valence-electron chi connectivity index (χ2n) is 3.28. The van der Waals surface area contributed by atoms with Crippen LogP contribution >= 0.6 is 34.7 Å². The Balaban J connectivity index is 2.19. The van der Waals surface area contributed by atoms with Gasteiger partial charge < -0.3 is 4.74 Å². The van der Waals surface area contributed by atoms with E-state index in [9.17, 15) is 0 Å². The summed E-state index contributed by atoms with van der Waals surface area (Å²) < 4.78 is 6.24. The van der Waals surface area contributed by atoms with Crippen LogP contribution in [0.25, 0.3) is 0 Å². The third-order valence-corrected chi connectivity index (χ3v) is 3.36. The second kappa shape index (κ2) is 5.61. The van der Waals surface area contributed by atoms with Gasteiger partial charge in [-0.25, -0.2) is 4.98 Å². The molecule has 17 heavy (non-hydrogen) atoms. The largest absolute Gasteiger partial charge is 0.475 e. The van der Waals surface area contributed by atoms with Crippen molar-refractivity contribution in [2.45, 2.75) is 29.4 Å². The summed E-state index contributed by atoms with van der Waals surface area (Å²) in [5.41, 5.74) is 1.65. The summed E-state index contributed by atoms with van der Waals surface area (Å²) in [5, 5.41) is 8.49. The number of rotatable bonds is 4. The van der Waals surface area contributed by atoms with Gasteiger partial charge in [-0.1, -0.05) is 22.9 Å². The molecule has 90 valence electrons. The van der Waals surface area contributed by atoms with E-state index in [2.05, 4.69) is 20.2 Å². The van der Waals surface area contributed by atoms with Crippen LogP contribution in [0.1, 0.15) is 13.8 Å². The van der Waals surface area contributed by atoms with Crippen molar-refractivity contribution in [3.63, 3.8) is 0 Å². The second-order valence-corrected chi connectivity index (χ2v) is 5.72. The predicted octanol–water partition coefficient (Wildman–Crippen LogP) is 2.92. The molecule has 0 radical (unpaired) electrons. The number of nitrogens with zero attached hydrogens (tertiary/aromatic N) is 4. The normalized spacial score (nSPS) is 10.8. The third-order valence-electron chi connectivity index (χ3n) is 1.53. The van der Waals surface area contributed by atoms with Crippen molar-refractivity contribution in [3.05, 3.63) is 16.7 Å². The molecule has 2 aromatic heterocycles. The lowest BCUT2D eigenvalue weighted by molar-refractivity contribution is 0.230. The van der Waals surface area contributed by atoms with Crippen molar-refractivity contribution in [1.82, 2.24) is 20.2 Å². The van der Waals surface area contributed by atoms with Crippen LogP contribution in [0.5, 0.6) is 5.88 Å². The third kappa shape index (κ3) is 3.79. The lowest BCUT2D eigenvalue weighted by atomic mass is 10.5. The summed E-state index contributed by atoms with van der Waals surface area (Å²) in [6.07, 6.45) is 0.0420. The number of hydrogen-bond acceptors (Lipinski definition) is 7. The molecular formula is C9H9ClN4OS2. The van der Waals surface area contributed by atoms with E-state index < -0.39 is 0 Å². The highest BCUT2D eigenvalue weighted by Crippen LogP contribution is 2.28. The van der Waals surface area contributed by atoms with Gasteiger partial charge in [0.05, 0.1) is 6.10 Å². The van der Waals surface area contributed by atoms with Crippen molar-refractivity contribution in [2.75, 3.05) is 0 Å². The maximum absolute atomic E-state index is 5.90. The average molecular weight is 289 g/mol. The first-order valence-corrected chi connectivity index (χ1v) is 6.86. The lowest BCUT2D eigenvalue weighted by Crippen LogP contribution is -2.07. The Kier molecular flexibility index (Phi) is 4.14. The molecule has 0 aliphatic heterocycles. The first-order valence-electron chi connectivity index (χ1n) is 4.79. The SMILES string of the molecule is CC(C)Oc1cc(Cl)nc(Sc2nncs2)n1. The molecule has 0 fully saturated rings. The van der Waals surface area contributed by atoms with Crippen LogP contribution in [-0.4, -0.2) is 26.3 Å². The van der Waals surface area contributed by atoms with Crippen molar-refractivity contribution in [2.24, 2.45) is 0 Å². The van der Waals surface area contributed by atoms with Crippen LogP contribution in [-0.2, 0) is 0 Å². The first kappa shape index (κ1) is 12.5. The van der Waals surface area contributed by atoms with E-state index in [1.54, 1.807) is 11.6 Å². The maximum atomic E-state index is 5.90. The van der Waals surface area contributed by atoms with Gasteiger partial charge in [0.25, 0.3) is 0 Å². The fraction of sp³-hybridized carbons (Fsp3) is 0.333. The maximum Gasteiger partial charge on any atom is 0.219 e. The quantitative estimate of drug-likeness (QED) is 0.637. The fourth-order valence-electron chi connectivity index (χ4n) is 1.01. The van der Waals surface area contributed by atoms with Crippen LogP contribution < -0.4 is 4.74 Å². The Hall–Kier alpha value is -0.920. The molecule has 0 aromatic carbocycles. The molecular weight excluding hydrogens is 280 g/mol. The molecule has 2 heterocycles. The Bertz CT molecular complexity index is 492. The van der Waals surface area contributed by atoms with E-state index in [-0.39, 0.29) is 6.10 Å². The molecule has 0 aliphatic rings. The molecule has 0 unspecified atom stereocenters. The van der Waals surface area contributed by atoms with Crippen molar-refractivity contribution in [3.8, 4) is 5.88 Å². The lowest BCUT2D eigenvalue weighted by Gasteiger charge is -2.09. The van der Waals surface area contributed by atoms with Crippen LogP contribution in [0.4, 0.5) is 0 Å².